The lowest BCUT2D eigenvalue weighted by Crippen LogP contribution is -2.41. The summed E-state index contributed by atoms with van der Waals surface area (Å²) in [5.74, 6) is 0.612. The van der Waals surface area contributed by atoms with Crippen molar-refractivity contribution in [1.82, 2.24) is 20.5 Å². The molecule has 0 radical (unpaired) electrons. The molecule has 2 N–H and O–H groups in total. The van der Waals surface area contributed by atoms with Gasteiger partial charge in [-0.25, -0.2) is 4.98 Å². The van der Waals surface area contributed by atoms with Crippen LogP contribution in [0.3, 0.4) is 0 Å². The second-order valence-corrected chi connectivity index (χ2v) is 7.04. The van der Waals surface area contributed by atoms with Crippen LogP contribution in [-0.2, 0) is 6.54 Å². The standard InChI is InChI=1S/C19H32F3N5O.HI/c1-14(2)27(15(3)4)10-6-9-24-18(23-5)26-12-16-7-8-17(25-11-16)28-13-19(20,21)22;/h7-8,11,14-15H,6,9-10,12-13H2,1-5H3,(H2,23,24,26);1H. The molecule has 29 heavy (non-hydrogen) atoms. The fraction of sp³-hybridized carbons (Fsp3) is 0.684. The fourth-order valence-corrected chi connectivity index (χ4v) is 2.74. The van der Waals surface area contributed by atoms with E-state index in [1.807, 2.05) is 0 Å². The third kappa shape index (κ3) is 12.1. The molecule has 0 aromatic carbocycles. The number of aromatic nitrogens is 1. The number of halogens is 4. The molecule has 1 heterocycles. The number of rotatable bonds is 10. The average Bonchev–Trinajstić information content (AvgIpc) is 2.61. The normalized spacial score (nSPS) is 12.3. The molecule has 0 amide bonds. The van der Waals surface area contributed by atoms with Crippen LogP contribution in [0.4, 0.5) is 13.2 Å². The highest BCUT2D eigenvalue weighted by atomic mass is 127. The van der Waals surface area contributed by atoms with E-state index in [1.54, 1.807) is 13.1 Å². The van der Waals surface area contributed by atoms with E-state index in [0.717, 1.165) is 25.1 Å². The van der Waals surface area contributed by atoms with Gasteiger partial charge in [0.2, 0.25) is 5.88 Å². The number of pyridine rings is 1. The molecule has 0 aliphatic rings. The first-order valence-corrected chi connectivity index (χ1v) is 9.47. The Bertz CT molecular complexity index is 587. The molecule has 0 atom stereocenters. The number of alkyl halides is 3. The molecule has 0 saturated heterocycles. The zero-order chi connectivity index (χ0) is 21.2. The predicted molar refractivity (Wildman–Crippen MR) is 121 cm³/mol. The topological polar surface area (TPSA) is 61.8 Å². The molecule has 0 spiro atoms. The number of ether oxygens (including phenoxy) is 1. The maximum absolute atomic E-state index is 12.1. The van der Waals surface area contributed by atoms with E-state index in [2.05, 4.69) is 57.9 Å². The molecule has 0 aliphatic carbocycles. The Morgan fingerprint density at radius 3 is 2.31 bits per heavy atom. The van der Waals surface area contributed by atoms with Gasteiger partial charge in [0.15, 0.2) is 12.6 Å². The van der Waals surface area contributed by atoms with Crippen LogP contribution in [0.2, 0.25) is 0 Å². The summed E-state index contributed by atoms with van der Waals surface area (Å²) in [6.07, 6.45) is -1.90. The summed E-state index contributed by atoms with van der Waals surface area (Å²) in [5, 5.41) is 6.42. The Labute approximate surface area is 188 Å². The van der Waals surface area contributed by atoms with Crippen LogP contribution in [0.25, 0.3) is 0 Å². The Kier molecular flexibility index (Phi) is 13.2. The average molecular weight is 531 g/mol. The molecule has 1 aromatic rings. The Morgan fingerprint density at radius 1 is 1.17 bits per heavy atom. The first-order chi connectivity index (χ1) is 13.1. The van der Waals surface area contributed by atoms with Crippen LogP contribution in [0.1, 0.15) is 39.7 Å². The second-order valence-electron chi connectivity index (χ2n) is 7.04. The smallest absolute Gasteiger partial charge is 0.422 e. The summed E-state index contributed by atoms with van der Waals surface area (Å²) in [5.41, 5.74) is 0.813. The van der Waals surface area contributed by atoms with Crippen molar-refractivity contribution in [1.29, 1.82) is 0 Å². The van der Waals surface area contributed by atoms with Crippen LogP contribution in [0.15, 0.2) is 23.3 Å². The Hall–Kier alpha value is -1.30. The lowest BCUT2D eigenvalue weighted by atomic mass is 10.2. The first-order valence-electron chi connectivity index (χ1n) is 9.47. The third-order valence-electron chi connectivity index (χ3n) is 4.08. The van der Waals surface area contributed by atoms with E-state index < -0.39 is 12.8 Å². The lowest BCUT2D eigenvalue weighted by Gasteiger charge is -2.30. The highest BCUT2D eigenvalue weighted by molar-refractivity contribution is 14.0. The molecule has 0 unspecified atom stereocenters. The van der Waals surface area contributed by atoms with Crippen LogP contribution < -0.4 is 15.4 Å². The van der Waals surface area contributed by atoms with E-state index in [1.165, 1.54) is 12.3 Å². The van der Waals surface area contributed by atoms with Gasteiger partial charge in [-0.05, 0) is 39.7 Å². The van der Waals surface area contributed by atoms with Gasteiger partial charge in [-0.15, -0.1) is 24.0 Å². The predicted octanol–water partition coefficient (Wildman–Crippen LogP) is 3.81. The van der Waals surface area contributed by atoms with Gasteiger partial charge in [0.1, 0.15) is 0 Å². The Balaban J connectivity index is 0.00000784. The monoisotopic (exact) mass is 531 g/mol. The van der Waals surface area contributed by atoms with E-state index in [4.69, 9.17) is 0 Å². The zero-order valence-corrected chi connectivity index (χ0v) is 20.0. The molecule has 0 saturated carbocycles. The lowest BCUT2D eigenvalue weighted by molar-refractivity contribution is -0.154. The minimum Gasteiger partial charge on any atom is -0.468 e. The molecule has 6 nitrogen and oxygen atoms in total. The zero-order valence-electron chi connectivity index (χ0n) is 17.7. The number of hydrogen-bond acceptors (Lipinski definition) is 4. The highest BCUT2D eigenvalue weighted by Gasteiger charge is 2.28. The summed E-state index contributed by atoms with van der Waals surface area (Å²) in [6.45, 7) is 9.68. The molecule has 0 fully saturated rings. The van der Waals surface area contributed by atoms with Crippen LogP contribution in [0, 0.1) is 0 Å². The van der Waals surface area contributed by atoms with Gasteiger partial charge < -0.3 is 15.4 Å². The van der Waals surface area contributed by atoms with Crippen LogP contribution >= 0.6 is 24.0 Å². The molecule has 1 rings (SSSR count). The number of hydrogen-bond donors (Lipinski definition) is 2. The van der Waals surface area contributed by atoms with Gasteiger partial charge in [0.25, 0.3) is 0 Å². The molecule has 1 aromatic heterocycles. The van der Waals surface area contributed by atoms with Crippen LogP contribution in [-0.4, -0.2) is 60.8 Å². The number of nitrogens with zero attached hydrogens (tertiary/aromatic N) is 3. The van der Waals surface area contributed by atoms with Gasteiger partial charge in [-0.3, -0.25) is 9.89 Å². The molecular weight excluding hydrogens is 498 g/mol. The van der Waals surface area contributed by atoms with E-state index >= 15 is 0 Å². The van der Waals surface area contributed by atoms with Gasteiger partial charge in [-0.1, -0.05) is 6.07 Å². The quantitative estimate of drug-likeness (QED) is 0.208. The summed E-state index contributed by atoms with van der Waals surface area (Å²) < 4.78 is 41.0. The number of aliphatic imine (C=N–C) groups is 1. The van der Waals surface area contributed by atoms with E-state index in [9.17, 15) is 13.2 Å². The molecule has 0 bridgehead atoms. The first kappa shape index (κ1) is 27.7. The maximum Gasteiger partial charge on any atom is 0.422 e. The summed E-state index contributed by atoms with van der Waals surface area (Å²) >= 11 is 0. The van der Waals surface area contributed by atoms with Crippen molar-refractivity contribution in [3.8, 4) is 5.88 Å². The largest absolute Gasteiger partial charge is 0.468 e. The fourth-order valence-electron chi connectivity index (χ4n) is 2.74. The highest BCUT2D eigenvalue weighted by Crippen LogP contribution is 2.17. The third-order valence-corrected chi connectivity index (χ3v) is 4.08. The minimum atomic E-state index is -4.37. The van der Waals surface area contributed by atoms with Crippen molar-refractivity contribution in [2.24, 2.45) is 4.99 Å². The number of guanidine groups is 1. The van der Waals surface area contributed by atoms with Gasteiger partial charge >= 0.3 is 6.18 Å². The van der Waals surface area contributed by atoms with Crippen molar-refractivity contribution in [3.05, 3.63) is 23.9 Å². The SMILES string of the molecule is CN=C(NCCCN(C(C)C)C(C)C)NCc1ccc(OCC(F)(F)F)nc1.I. The van der Waals surface area contributed by atoms with Crippen molar-refractivity contribution in [2.45, 2.75) is 58.9 Å². The van der Waals surface area contributed by atoms with Gasteiger partial charge in [0.05, 0.1) is 0 Å². The van der Waals surface area contributed by atoms with Crippen molar-refractivity contribution >= 4 is 29.9 Å². The number of nitrogens with one attached hydrogen (secondary N) is 2. The second kappa shape index (κ2) is 13.8. The van der Waals surface area contributed by atoms with Gasteiger partial charge in [0, 0.05) is 51.0 Å². The molecule has 0 aliphatic heterocycles. The molecule has 10 heteroatoms. The van der Waals surface area contributed by atoms with Crippen molar-refractivity contribution < 1.29 is 17.9 Å². The summed E-state index contributed by atoms with van der Waals surface area (Å²) in [6, 6.07) is 4.11. The maximum atomic E-state index is 12.1. The minimum absolute atomic E-state index is 0. The molecule has 168 valence electrons. The summed E-state index contributed by atoms with van der Waals surface area (Å²) in [7, 11) is 1.69. The van der Waals surface area contributed by atoms with Crippen molar-refractivity contribution in [3.63, 3.8) is 0 Å². The van der Waals surface area contributed by atoms with E-state index in [0.29, 0.717) is 24.6 Å². The van der Waals surface area contributed by atoms with Crippen molar-refractivity contribution in [2.75, 3.05) is 26.7 Å². The van der Waals surface area contributed by atoms with E-state index in [-0.39, 0.29) is 29.9 Å². The van der Waals surface area contributed by atoms with Crippen LogP contribution in [0.5, 0.6) is 5.88 Å². The van der Waals surface area contributed by atoms with Gasteiger partial charge in [-0.2, -0.15) is 13.2 Å². The summed E-state index contributed by atoms with van der Waals surface area (Å²) in [4.78, 5) is 10.5. The Morgan fingerprint density at radius 2 is 1.83 bits per heavy atom. The molecular formula is C19H33F3IN5O.